The molecule has 0 aliphatic rings. The molecule has 2 nitrogen and oxygen atoms in total. The standard InChI is InChI=1S/C13H10BrClO2S/c14-11-4-5-18-13(11)12(16)8-17-7-9-2-1-3-10(15)6-9/h1-6H,7-8H2. The average Bonchev–Trinajstić information content (AvgIpc) is 2.75. The van der Waals surface area contributed by atoms with Crippen LogP contribution in [0.2, 0.25) is 5.02 Å². The first-order valence-electron chi connectivity index (χ1n) is 5.25. The molecule has 0 spiro atoms. The third kappa shape index (κ3) is 3.65. The van der Waals surface area contributed by atoms with Crippen molar-refractivity contribution in [3.05, 3.63) is 55.6 Å². The number of Topliss-reactive ketones (excluding diaryl/α,β-unsaturated/α-hetero) is 1. The quantitative estimate of drug-likeness (QED) is 0.742. The molecule has 0 amide bonds. The lowest BCUT2D eigenvalue weighted by atomic mass is 10.2. The molecule has 2 aromatic rings. The van der Waals surface area contributed by atoms with E-state index in [0.29, 0.717) is 16.5 Å². The van der Waals surface area contributed by atoms with Crippen molar-refractivity contribution in [2.24, 2.45) is 0 Å². The van der Waals surface area contributed by atoms with E-state index in [2.05, 4.69) is 15.9 Å². The summed E-state index contributed by atoms with van der Waals surface area (Å²) in [4.78, 5) is 12.5. The van der Waals surface area contributed by atoms with Crippen molar-refractivity contribution in [1.29, 1.82) is 0 Å². The molecular weight excluding hydrogens is 336 g/mol. The zero-order valence-corrected chi connectivity index (χ0v) is 12.5. The highest BCUT2D eigenvalue weighted by Gasteiger charge is 2.11. The highest BCUT2D eigenvalue weighted by Crippen LogP contribution is 2.23. The molecule has 0 radical (unpaired) electrons. The van der Waals surface area contributed by atoms with Gasteiger partial charge < -0.3 is 4.74 Å². The number of thiophene rings is 1. The van der Waals surface area contributed by atoms with Gasteiger partial charge in [-0.05, 0) is 45.1 Å². The second-order valence-electron chi connectivity index (χ2n) is 3.64. The van der Waals surface area contributed by atoms with Crippen molar-refractivity contribution < 1.29 is 9.53 Å². The van der Waals surface area contributed by atoms with Crippen molar-refractivity contribution in [2.75, 3.05) is 6.61 Å². The highest BCUT2D eigenvalue weighted by molar-refractivity contribution is 9.10. The van der Waals surface area contributed by atoms with Crippen LogP contribution in [0.15, 0.2) is 40.2 Å². The average molecular weight is 346 g/mol. The Morgan fingerprint density at radius 3 is 2.89 bits per heavy atom. The lowest BCUT2D eigenvalue weighted by Crippen LogP contribution is -2.08. The van der Waals surface area contributed by atoms with Crippen molar-refractivity contribution in [2.45, 2.75) is 6.61 Å². The summed E-state index contributed by atoms with van der Waals surface area (Å²) in [6, 6.07) is 9.26. The van der Waals surface area contributed by atoms with Crippen LogP contribution in [-0.4, -0.2) is 12.4 Å². The normalized spacial score (nSPS) is 10.6. The van der Waals surface area contributed by atoms with Gasteiger partial charge in [-0.3, -0.25) is 4.79 Å². The Labute approximate surface area is 123 Å². The molecule has 5 heteroatoms. The molecule has 0 N–H and O–H groups in total. The number of rotatable bonds is 5. The van der Waals surface area contributed by atoms with Gasteiger partial charge in [0.2, 0.25) is 0 Å². The fraction of sp³-hybridized carbons (Fsp3) is 0.154. The molecule has 1 aromatic heterocycles. The molecule has 0 saturated carbocycles. The van der Waals surface area contributed by atoms with Crippen molar-refractivity contribution in [3.63, 3.8) is 0 Å². The summed E-state index contributed by atoms with van der Waals surface area (Å²) >= 11 is 10.6. The smallest absolute Gasteiger partial charge is 0.199 e. The maximum atomic E-state index is 11.8. The van der Waals surface area contributed by atoms with E-state index in [9.17, 15) is 4.79 Å². The summed E-state index contributed by atoms with van der Waals surface area (Å²) in [7, 11) is 0. The minimum absolute atomic E-state index is 0.0149. The van der Waals surface area contributed by atoms with E-state index in [1.807, 2.05) is 29.6 Å². The van der Waals surface area contributed by atoms with Crippen molar-refractivity contribution in [3.8, 4) is 0 Å². The van der Waals surface area contributed by atoms with E-state index in [-0.39, 0.29) is 12.4 Å². The Morgan fingerprint density at radius 2 is 2.22 bits per heavy atom. The van der Waals surface area contributed by atoms with Gasteiger partial charge in [0, 0.05) is 9.50 Å². The van der Waals surface area contributed by atoms with Crippen molar-refractivity contribution >= 4 is 44.7 Å². The lowest BCUT2D eigenvalue weighted by Gasteiger charge is -2.03. The largest absolute Gasteiger partial charge is 0.369 e. The molecule has 1 aromatic carbocycles. The van der Waals surface area contributed by atoms with Gasteiger partial charge >= 0.3 is 0 Å². The predicted octanol–water partition coefficient (Wildman–Crippen LogP) is 4.56. The monoisotopic (exact) mass is 344 g/mol. The molecule has 18 heavy (non-hydrogen) atoms. The first-order valence-corrected chi connectivity index (χ1v) is 7.30. The van der Waals surface area contributed by atoms with Crippen LogP contribution in [0.4, 0.5) is 0 Å². The van der Waals surface area contributed by atoms with Gasteiger partial charge in [0.1, 0.15) is 6.61 Å². The number of halogens is 2. The summed E-state index contributed by atoms with van der Waals surface area (Å²) in [6.45, 7) is 0.459. The Balaban J connectivity index is 1.86. The van der Waals surface area contributed by atoms with E-state index >= 15 is 0 Å². The number of carbonyl (C=O) groups is 1. The van der Waals surface area contributed by atoms with E-state index < -0.39 is 0 Å². The maximum Gasteiger partial charge on any atom is 0.199 e. The van der Waals surface area contributed by atoms with Gasteiger partial charge in [-0.25, -0.2) is 0 Å². The van der Waals surface area contributed by atoms with Crippen molar-refractivity contribution in [1.82, 2.24) is 0 Å². The summed E-state index contributed by atoms with van der Waals surface area (Å²) < 4.78 is 6.22. The van der Waals surface area contributed by atoms with Crippen LogP contribution in [-0.2, 0) is 11.3 Å². The second-order valence-corrected chi connectivity index (χ2v) is 5.85. The Morgan fingerprint density at radius 1 is 1.39 bits per heavy atom. The Hall–Kier alpha value is -0.680. The third-order valence-electron chi connectivity index (χ3n) is 2.26. The molecular formula is C13H10BrClO2S. The van der Waals surface area contributed by atoms with Gasteiger partial charge in [0.25, 0.3) is 0 Å². The fourth-order valence-corrected chi connectivity index (χ4v) is 3.18. The number of hydrogen-bond donors (Lipinski definition) is 0. The first-order chi connectivity index (χ1) is 8.66. The third-order valence-corrected chi connectivity index (χ3v) is 4.38. The molecule has 0 bridgehead atoms. The topological polar surface area (TPSA) is 26.3 Å². The number of hydrogen-bond acceptors (Lipinski definition) is 3. The van der Waals surface area contributed by atoms with Crippen LogP contribution in [0.3, 0.4) is 0 Å². The lowest BCUT2D eigenvalue weighted by molar-refractivity contribution is 0.0730. The second kappa shape index (κ2) is 6.48. The summed E-state index contributed by atoms with van der Waals surface area (Å²) in [5, 5.41) is 2.54. The first kappa shape index (κ1) is 13.7. The van der Waals surface area contributed by atoms with Crippen LogP contribution < -0.4 is 0 Å². The molecule has 0 saturated heterocycles. The molecule has 0 atom stereocenters. The number of ketones is 1. The maximum absolute atomic E-state index is 11.8. The van der Waals surface area contributed by atoms with E-state index in [4.69, 9.17) is 16.3 Å². The number of benzene rings is 1. The molecule has 1 heterocycles. The SMILES string of the molecule is O=C(COCc1cccc(Cl)c1)c1sccc1Br. The molecule has 0 unspecified atom stereocenters. The zero-order chi connectivity index (χ0) is 13.0. The summed E-state index contributed by atoms with van der Waals surface area (Å²) in [5.41, 5.74) is 0.959. The molecule has 0 aliphatic carbocycles. The minimum atomic E-state index is -0.0149. The fourth-order valence-electron chi connectivity index (χ4n) is 1.45. The zero-order valence-electron chi connectivity index (χ0n) is 9.36. The summed E-state index contributed by atoms with van der Waals surface area (Å²) in [5.74, 6) is -0.0149. The van der Waals surface area contributed by atoms with Crippen LogP contribution in [0.5, 0.6) is 0 Å². The molecule has 0 aliphatic heterocycles. The van der Waals surface area contributed by atoms with Gasteiger partial charge in [-0.2, -0.15) is 0 Å². The van der Waals surface area contributed by atoms with Gasteiger partial charge in [0.05, 0.1) is 11.5 Å². The summed E-state index contributed by atoms with van der Waals surface area (Å²) in [6.07, 6.45) is 0. The van der Waals surface area contributed by atoms with E-state index in [1.54, 1.807) is 6.07 Å². The number of carbonyl (C=O) groups excluding carboxylic acids is 1. The Kier molecular flexibility index (Phi) is 4.95. The van der Waals surface area contributed by atoms with Crippen LogP contribution >= 0.6 is 38.9 Å². The van der Waals surface area contributed by atoms with Gasteiger partial charge in [0.15, 0.2) is 5.78 Å². The number of ether oxygens (including phenoxy) is 1. The van der Waals surface area contributed by atoms with Crippen LogP contribution in [0, 0.1) is 0 Å². The van der Waals surface area contributed by atoms with E-state index in [1.165, 1.54) is 11.3 Å². The predicted molar refractivity (Wildman–Crippen MR) is 77.5 cm³/mol. The molecule has 0 fully saturated rings. The van der Waals surface area contributed by atoms with Gasteiger partial charge in [-0.15, -0.1) is 11.3 Å². The minimum Gasteiger partial charge on any atom is -0.369 e. The molecule has 94 valence electrons. The Bertz CT molecular complexity index is 553. The highest BCUT2D eigenvalue weighted by atomic mass is 79.9. The van der Waals surface area contributed by atoms with Gasteiger partial charge in [-0.1, -0.05) is 23.7 Å². The van der Waals surface area contributed by atoms with Crippen LogP contribution in [0.1, 0.15) is 15.2 Å². The van der Waals surface area contributed by atoms with Crippen LogP contribution in [0.25, 0.3) is 0 Å². The molecule has 2 rings (SSSR count). The van der Waals surface area contributed by atoms with E-state index in [0.717, 1.165) is 10.0 Å².